The van der Waals surface area contributed by atoms with E-state index in [4.69, 9.17) is 11.6 Å². The van der Waals surface area contributed by atoms with Gasteiger partial charge in [-0.15, -0.1) is 0 Å². The van der Waals surface area contributed by atoms with Crippen molar-refractivity contribution in [1.82, 2.24) is 0 Å². The molecule has 1 aliphatic heterocycles. The van der Waals surface area contributed by atoms with Crippen LogP contribution in [0.4, 0.5) is 5.69 Å². The van der Waals surface area contributed by atoms with Crippen LogP contribution in [-0.4, -0.2) is 16.8 Å². The molecule has 0 atom stereocenters. The molecule has 0 saturated heterocycles. The van der Waals surface area contributed by atoms with Crippen molar-refractivity contribution in [2.75, 3.05) is 5.43 Å². The number of nitrogens with one attached hydrogen (secondary N) is 1. The zero-order chi connectivity index (χ0) is 14.8. The Morgan fingerprint density at radius 1 is 1.14 bits per heavy atom. The van der Waals surface area contributed by atoms with Gasteiger partial charge in [0.25, 0.3) is 0 Å². The van der Waals surface area contributed by atoms with Gasteiger partial charge in [-0.1, -0.05) is 41.9 Å². The first kappa shape index (κ1) is 13.4. The SMILES string of the molecule is O=C(O)C1=NNc2ccc(Cl)cc2C(c2ccccc2)=C1. The summed E-state index contributed by atoms with van der Waals surface area (Å²) in [7, 11) is 0. The highest BCUT2D eigenvalue weighted by Gasteiger charge is 2.18. The molecule has 0 spiro atoms. The molecule has 0 aromatic heterocycles. The number of carbonyl (C=O) groups is 1. The number of aliphatic carboxylic acids is 1. The van der Waals surface area contributed by atoms with Crippen LogP contribution in [0.1, 0.15) is 11.1 Å². The Labute approximate surface area is 126 Å². The summed E-state index contributed by atoms with van der Waals surface area (Å²) in [5, 5.41) is 13.7. The summed E-state index contributed by atoms with van der Waals surface area (Å²) in [6.45, 7) is 0. The Kier molecular flexibility index (Phi) is 3.46. The van der Waals surface area contributed by atoms with Gasteiger partial charge in [0.05, 0.1) is 5.69 Å². The van der Waals surface area contributed by atoms with Gasteiger partial charge in [-0.2, -0.15) is 5.10 Å². The Bertz CT molecular complexity index is 767. The Morgan fingerprint density at radius 3 is 2.62 bits per heavy atom. The second kappa shape index (κ2) is 5.42. The molecule has 1 aliphatic rings. The van der Waals surface area contributed by atoms with Crippen LogP contribution in [0.5, 0.6) is 0 Å². The lowest BCUT2D eigenvalue weighted by Gasteiger charge is -2.11. The number of hydrogen-bond acceptors (Lipinski definition) is 3. The number of carboxylic acids is 1. The van der Waals surface area contributed by atoms with E-state index in [0.717, 1.165) is 16.7 Å². The third-order valence-electron chi connectivity index (χ3n) is 3.15. The molecule has 3 rings (SSSR count). The van der Waals surface area contributed by atoms with Crippen molar-refractivity contribution < 1.29 is 9.90 Å². The average Bonchev–Trinajstić information content (AvgIpc) is 2.67. The Morgan fingerprint density at radius 2 is 1.90 bits per heavy atom. The summed E-state index contributed by atoms with van der Waals surface area (Å²) < 4.78 is 0. The lowest BCUT2D eigenvalue weighted by atomic mass is 9.95. The van der Waals surface area contributed by atoms with Gasteiger partial charge in [0, 0.05) is 10.6 Å². The van der Waals surface area contributed by atoms with E-state index in [2.05, 4.69) is 10.5 Å². The maximum atomic E-state index is 11.3. The summed E-state index contributed by atoms with van der Waals surface area (Å²) >= 11 is 6.07. The zero-order valence-electron chi connectivity index (χ0n) is 10.9. The second-order valence-electron chi connectivity index (χ2n) is 4.53. The minimum absolute atomic E-state index is 0.0545. The molecule has 4 nitrogen and oxygen atoms in total. The standard InChI is InChI=1S/C16H11ClN2O2/c17-11-6-7-14-13(8-11)12(10-4-2-1-3-5-10)9-15(16(20)21)19-18-14/h1-9,18H,(H,20,21). The van der Waals surface area contributed by atoms with E-state index >= 15 is 0 Å². The highest BCUT2D eigenvalue weighted by atomic mass is 35.5. The molecular weight excluding hydrogens is 288 g/mol. The second-order valence-corrected chi connectivity index (χ2v) is 4.96. The third kappa shape index (κ3) is 2.66. The van der Waals surface area contributed by atoms with Crippen molar-refractivity contribution in [3.05, 3.63) is 70.8 Å². The highest BCUT2D eigenvalue weighted by Crippen LogP contribution is 2.33. The van der Waals surface area contributed by atoms with Gasteiger partial charge in [-0.25, -0.2) is 4.79 Å². The third-order valence-corrected chi connectivity index (χ3v) is 3.39. The van der Waals surface area contributed by atoms with E-state index in [1.807, 2.05) is 30.3 Å². The quantitative estimate of drug-likeness (QED) is 0.890. The summed E-state index contributed by atoms with van der Waals surface area (Å²) in [6, 6.07) is 14.8. The molecule has 0 saturated carbocycles. The number of fused-ring (bicyclic) bond motifs is 1. The fourth-order valence-corrected chi connectivity index (χ4v) is 2.34. The molecule has 0 radical (unpaired) electrons. The summed E-state index contributed by atoms with van der Waals surface area (Å²) in [5.74, 6) is -1.09. The Hall–Kier alpha value is -2.59. The molecule has 0 amide bonds. The first-order valence-electron chi connectivity index (χ1n) is 6.29. The molecule has 2 aromatic rings. The number of anilines is 1. The van der Waals surface area contributed by atoms with Crippen LogP contribution in [0.2, 0.25) is 5.02 Å². The first-order chi connectivity index (χ1) is 10.1. The molecule has 0 unspecified atom stereocenters. The molecule has 104 valence electrons. The summed E-state index contributed by atoms with van der Waals surface area (Å²) in [5.41, 5.74) is 5.92. The molecular formula is C16H11ClN2O2. The number of hydrogen-bond donors (Lipinski definition) is 2. The number of halogens is 1. The van der Waals surface area contributed by atoms with Crippen molar-refractivity contribution in [2.45, 2.75) is 0 Å². The monoisotopic (exact) mass is 298 g/mol. The number of nitrogens with zero attached hydrogens (tertiary/aromatic N) is 1. The normalized spacial score (nSPS) is 13.4. The summed E-state index contributed by atoms with van der Waals surface area (Å²) in [6.07, 6.45) is 1.55. The molecule has 0 fully saturated rings. The van der Waals surface area contributed by atoms with Crippen LogP contribution in [0.3, 0.4) is 0 Å². The van der Waals surface area contributed by atoms with Crippen LogP contribution in [-0.2, 0) is 4.79 Å². The van der Waals surface area contributed by atoms with Gasteiger partial charge in [0.1, 0.15) is 0 Å². The van der Waals surface area contributed by atoms with Gasteiger partial charge >= 0.3 is 5.97 Å². The average molecular weight is 299 g/mol. The van der Waals surface area contributed by atoms with Gasteiger partial charge < -0.3 is 5.11 Å². The van der Waals surface area contributed by atoms with Crippen molar-refractivity contribution in [3.8, 4) is 0 Å². The molecule has 2 aromatic carbocycles. The zero-order valence-corrected chi connectivity index (χ0v) is 11.6. The van der Waals surface area contributed by atoms with Gasteiger partial charge in [0.15, 0.2) is 5.71 Å². The van der Waals surface area contributed by atoms with Crippen molar-refractivity contribution in [1.29, 1.82) is 0 Å². The predicted molar refractivity (Wildman–Crippen MR) is 83.7 cm³/mol. The van der Waals surface area contributed by atoms with Crippen LogP contribution in [0.25, 0.3) is 5.57 Å². The Balaban J connectivity index is 2.24. The minimum Gasteiger partial charge on any atom is -0.476 e. The van der Waals surface area contributed by atoms with E-state index < -0.39 is 5.97 Å². The lowest BCUT2D eigenvalue weighted by molar-refractivity contribution is -0.129. The van der Waals surface area contributed by atoms with E-state index in [9.17, 15) is 9.90 Å². The predicted octanol–water partition coefficient (Wildman–Crippen LogP) is 3.64. The fourth-order valence-electron chi connectivity index (χ4n) is 2.17. The number of hydrazone groups is 1. The van der Waals surface area contributed by atoms with E-state index in [1.165, 1.54) is 0 Å². The number of rotatable bonds is 2. The van der Waals surface area contributed by atoms with Crippen molar-refractivity contribution in [2.24, 2.45) is 5.10 Å². The number of carboxylic acid groups (broad SMARTS) is 1. The van der Waals surface area contributed by atoms with Crippen molar-refractivity contribution >= 4 is 34.5 Å². The lowest BCUT2D eigenvalue weighted by Crippen LogP contribution is -2.11. The van der Waals surface area contributed by atoms with Gasteiger partial charge in [0.2, 0.25) is 0 Å². The largest absolute Gasteiger partial charge is 0.476 e. The molecule has 0 aliphatic carbocycles. The van der Waals surface area contributed by atoms with Crippen molar-refractivity contribution in [3.63, 3.8) is 0 Å². The molecule has 5 heteroatoms. The smallest absolute Gasteiger partial charge is 0.356 e. The van der Waals surface area contributed by atoms with Crippen LogP contribution < -0.4 is 5.43 Å². The van der Waals surface area contributed by atoms with Crippen LogP contribution in [0, 0.1) is 0 Å². The highest BCUT2D eigenvalue weighted by molar-refractivity contribution is 6.42. The van der Waals surface area contributed by atoms with Gasteiger partial charge in [-0.05, 0) is 35.4 Å². The molecule has 1 heterocycles. The van der Waals surface area contributed by atoms with Gasteiger partial charge in [-0.3, -0.25) is 5.43 Å². The van der Waals surface area contributed by atoms with E-state index in [-0.39, 0.29) is 5.71 Å². The minimum atomic E-state index is -1.09. The topological polar surface area (TPSA) is 61.7 Å². The maximum absolute atomic E-state index is 11.3. The van der Waals surface area contributed by atoms with Crippen LogP contribution in [0.15, 0.2) is 59.7 Å². The summed E-state index contributed by atoms with van der Waals surface area (Å²) in [4.78, 5) is 11.3. The maximum Gasteiger partial charge on any atom is 0.356 e. The first-order valence-corrected chi connectivity index (χ1v) is 6.67. The van der Waals surface area contributed by atoms with E-state index in [1.54, 1.807) is 24.3 Å². The number of benzene rings is 2. The molecule has 2 N–H and O–H groups in total. The fraction of sp³-hybridized carbons (Fsp3) is 0. The molecule has 0 bridgehead atoms. The molecule has 21 heavy (non-hydrogen) atoms. The van der Waals surface area contributed by atoms with Crippen LogP contribution >= 0.6 is 11.6 Å². The van der Waals surface area contributed by atoms with E-state index in [0.29, 0.717) is 10.7 Å².